The SMILES string of the molecule is FC(F)(F)c1ccncc1C1CCCNC1. The fourth-order valence-electron chi connectivity index (χ4n) is 2.11. The maximum atomic E-state index is 12.8. The minimum absolute atomic E-state index is 0.0703. The zero-order valence-electron chi connectivity index (χ0n) is 8.72. The molecule has 1 unspecified atom stereocenters. The normalized spacial score (nSPS) is 22.1. The molecule has 0 radical (unpaired) electrons. The van der Waals surface area contributed by atoms with Crippen molar-refractivity contribution in [2.24, 2.45) is 0 Å². The number of nitrogens with zero attached hydrogens (tertiary/aromatic N) is 1. The van der Waals surface area contributed by atoms with Crippen LogP contribution >= 0.6 is 0 Å². The highest BCUT2D eigenvalue weighted by Gasteiger charge is 2.35. The molecule has 1 atom stereocenters. The molecule has 1 aromatic heterocycles. The molecule has 88 valence electrons. The van der Waals surface area contributed by atoms with Crippen molar-refractivity contribution in [1.82, 2.24) is 10.3 Å². The van der Waals surface area contributed by atoms with Gasteiger partial charge in [-0.25, -0.2) is 0 Å². The number of hydrogen-bond acceptors (Lipinski definition) is 2. The van der Waals surface area contributed by atoms with Gasteiger partial charge >= 0.3 is 6.18 Å². The molecule has 1 aromatic rings. The Kier molecular flexibility index (Phi) is 3.14. The lowest BCUT2D eigenvalue weighted by molar-refractivity contribution is -0.138. The van der Waals surface area contributed by atoms with Crippen LogP contribution in [0, 0.1) is 0 Å². The zero-order valence-corrected chi connectivity index (χ0v) is 8.72. The van der Waals surface area contributed by atoms with Gasteiger partial charge in [0.25, 0.3) is 0 Å². The number of nitrogens with one attached hydrogen (secondary N) is 1. The molecule has 0 amide bonds. The van der Waals surface area contributed by atoms with Crippen LogP contribution in [-0.4, -0.2) is 18.1 Å². The third kappa shape index (κ3) is 2.35. The summed E-state index contributed by atoms with van der Waals surface area (Å²) in [5, 5.41) is 3.12. The first-order valence-corrected chi connectivity index (χ1v) is 5.31. The van der Waals surface area contributed by atoms with Crippen LogP contribution in [0.5, 0.6) is 0 Å². The van der Waals surface area contributed by atoms with E-state index in [0.717, 1.165) is 25.5 Å². The fourth-order valence-corrected chi connectivity index (χ4v) is 2.11. The second-order valence-corrected chi connectivity index (χ2v) is 4.00. The Morgan fingerprint density at radius 2 is 2.19 bits per heavy atom. The lowest BCUT2D eigenvalue weighted by Crippen LogP contribution is -2.29. The summed E-state index contributed by atoms with van der Waals surface area (Å²) in [5.74, 6) is -0.0703. The van der Waals surface area contributed by atoms with Crippen LogP contribution in [0.1, 0.15) is 29.9 Å². The maximum Gasteiger partial charge on any atom is 0.416 e. The Labute approximate surface area is 91.9 Å². The van der Waals surface area contributed by atoms with Crippen molar-refractivity contribution < 1.29 is 13.2 Å². The van der Waals surface area contributed by atoms with Crippen molar-refractivity contribution in [2.75, 3.05) is 13.1 Å². The lowest BCUT2D eigenvalue weighted by atomic mass is 9.89. The fraction of sp³-hybridized carbons (Fsp3) is 0.545. The van der Waals surface area contributed by atoms with E-state index >= 15 is 0 Å². The zero-order chi connectivity index (χ0) is 11.6. The van der Waals surface area contributed by atoms with Gasteiger partial charge in [0.15, 0.2) is 0 Å². The van der Waals surface area contributed by atoms with Gasteiger partial charge < -0.3 is 5.32 Å². The molecular formula is C11H13F3N2. The average Bonchev–Trinajstić information content (AvgIpc) is 2.29. The van der Waals surface area contributed by atoms with Crippen molar-refractivity contribution in [3.05, 3.63) is 29.6 Å². The van der Waals surface area contributed by atoms with Crippen LogP contribution in [0.15, 0.2) is 18.5 Å². The molecule has 0 spiro atoms. The number of rotatable bonds is 1. The highest BCUT2D eigenvalue weighted by atomic mass is 19.4. The van der Waals surface area contributed by atoms with Crippen LogP contribution in [0.2, 0.25) is 0 Å². The van der Waals surface area contributed by atoms with E-state index in [1.807, 2.05) is 0 Å². The molecule has 1 aliphatic heterocycles. The second-order valence-electron chi connectivity index (χ2n) is 4.00. The molecule has 16 heavy (non-hydrogen) atoms. The molecule has 0 aliphatic carbocycles. The van der Waals surface area contributed by atoms with Gasteiger partial charge in [-0.15, -0.1) is 0 Å². The molecule has 2 rings (SSSR count). The summed E-state index contributed by atoms with van der Waals surface area (Å²) in [4.78, 5) is 3.81. The van der Waals surface area contributed by atoms with Crippen LogP contribution < -0.4 is 5.32 Å². The van der Waals surface area contributed by atoms with Gasteiger partial charge in [-0.05, 0) is 36.9 Å². The second kappa shape index (κ2) is 4.41. The smallest absolute Gasteiger partial charge is 0.316 e. The largest absolute Gasteiger partial charge is 0.416 e. The van der Waals surface area contributed by atoms with Crippen molar-refractivity contribution in [1.29, 1.82) is 0 Å². The minimum atomic E-state index is -4.28. The maximum absolute atomic E-state index is 12.8. The molecule has 1 saturated heterocycles. The molecule has 0 bridgehead atoms. The van der Waals surface area contributed by atoms with Crippen LogP contribution in [0.3, 0.4) is 0 Å². The van der Waals surface area contributed by atoms with Gasteiger partial charge in [0, 0.05) is 18.9 Å². The number of aromatic nitrogens is 1. The summed E-state index contributed by atoms with van der Waals surface area (Å²) >= 11 is 0. The van der Waals surface area contributed by atoms with Gasteiger partial charge in [0.1, 0.15) is 0 Å². The summed E-state index contributed by atoms with van der Waals surface area (Å²) in [6, 6.07) is 1.06. The topological polar surface area (TPSA) is 24.9 Å². The number of alkyl halides is 3. The van der Waals surface area contributed by atoms with Gasteiger partial charge in [0.2, 0.25) is 0 Å². The molecule has 0 saturated carbocycles. The van der Waals surface area contributed by atoms with Crippen molar-refractivity contribution >= 4 is 0 Å². The van der Waals surface area contributed by atoms with E-state index in [-0.39, 0.29) is 5.92 Å². The third-order valence-corrected chi connectivity index (χ3v) is 2.89. The standard InChI is InChI=1S/C11H13F3N2/c12-11(13,14)10-3-5-16-7-9(10)8-2-1-4-15-6-8/h3,5,7-8,15H,1-2,4,6H2. The summed E-state index contributed by atoms with van der Waals surface area (Å²) < 4.78 is 38.3. The summed E-state index contributed by atoms with van der Waals surface area (Å²) in [7, 11) is 0. The number of halogens is 3. The Morgan fingerprint density at radius 3 is 2.81 bits per heavy atom. The van der Waals surface area contributed by atoms with E-state index in [0.29, 0.717) is 12.1 Å². The van der Waals surface area contributed by atoms with E-state index in [9.17, 15) is 13.2 Å². The Bertz CT molecular complexity index is 356. The first-order valence-electron chi connectivity index (χ1n) is 5.31. The van der Waals surface area contributed by atoms with Gasteiger partial charge in [0.05, 0.1) is 5.56 Å². The monoisotopic (exact) mass is 230 g/mol. The number of pyridine rings is 1. The van der Waals surface area contributed by atoms with E-state index in [1.54, 1.807) is 0 Å². The molecular weight excluding hydrogens is 217 g/mol. The van der Waals surface area contributed by atoms with E-state index < -0.39 is 11.7 Å². The van der Waals surface area contributed by atoms with Crippen LogP contribution in [-0.2, 0) is 6.18 Å². The van der Waals surface area contributed by atoms with E-state index in [2.05, 4.69) is 10.3 Å². The molecule has 0 aromatic carbocycles. The predicted octanol–water partition coefficient (Wildman–Crippen LogP) is 2.57. The minimum Gasteiger partial charge on any atom is -0.316 e. The predicted molar refractivity (Wildman–Crippen MR) is 54.1 cm³/mol. The molecule has 1 N–H and O–H groups in total. The lowest BCUT2D eigenvalue weighted by Gasteiger charge is -2.25. The highest BCUT2D eigenvalue weighted by Crippen LogP contribution is 2.36. The summed E-state index contributed by atoms with van der Waals surface area (Å²) in [6.07, 6.45) is -0.0303. The van der Waals surface area contributed by atoms with Gasteiger partial charge in [-0.2, -0.15) is 13.2 Å². The molecule has 5 heteroatoms. The number of piperidine rings is 1. The van der Waals surface area contributed by atoms with E-state index in [1.165, 1.54) is 12.4 Å². The Hall–Kier alpha value is -1.10. The average molecular weight is 230 g/mol. The first kappa shape index (κ1) is 11.4. The highest BCUT2D eigenvalue weighted by molar-refractivity contribution is 5.30. The molecule has 2 nitrogen and oxygen atoms in total. The molecule has 1 fully saturated rings. The number of hydrogen-bond donors (Lipinski definition) is 1. The van der Waals surface area contributed by atoms with Crippen molar-refractivity contribution in [2.45, 2.75) is 24.9 Å². The van der Waals surface area contributed by atoms with Crippen molar-refractivity contribution in [3.8, 4) is 0 Å². The quantitative estimate of drug-likeness (QED) is 0.802. The Balaban J connectivity index is 2.32. The van der Waals surface area contributed by atoms with Crippen LogP contribution in [0.25, 0.3) is 0 Å². The third-order valence-electron chi connectivity index (χ3n) is 2.89. The molecule has 1 aliphatic rings. The van der Waals surface area contributed by atoms with Crippen molar-refractivity contribution in [3.63, 3.8) is 0 Å². The van der Waals surface area contributed by atoms with Crippen LogP contribution in [0.4, 0.5) is 13.2 Å². The van der Waals surface area contributed by atoms with Gasteiger partial charge in [-0.3, -0.25) is 4.98 Å². The summed E-state index contributed by atoms with van der Waals surface area (Å²) in [5.41, 5.74) is -0.224. The van der Waals surface area contributed by atoms with Gasteiger partial charge in [-0.1, -0.05) is 0 Å². The summed E-state index contributed by atoms with van der Waals surface area (Å²) in [6.45, 7) is 1.49. The van der Waals surface area contributed by atoms with E-state index in [4.69, 9.17) is 0 Å². The molecule has 2 heterocycles. The first-order chi connectivity index (χ1) is 7.59. The Morgan fingerprint density at radius 1 is 1.38 bits per heavy atom.